The van der Waals surface area contributed by atoms with E-state index >= 15 is 0 Å². The lowest BCUT2D eigenvalue weighted by molar-refractivity contribution is -0.132. The van der Waals surface area contributed by atoms with Crippen molar-refractivity contribution in [3.63, 3.8) is 0 Å². The number of aryl methyl sites for hydroxylation is 4. The summed E-state index contributed by atoms with van der Waals surface area (Å²) in [4.78, 5) is 95.5. The first kappa shape index (κ1) is 71.3. The molecular weight excluding hydrogens is 1210 g/mol. The molecule has 6 atom stereocenters. The zero-order valence-corrected chi connectivity index (χ0v) is 54.3. The summed E-state index contributed by atoms with van der Waals surface area (Å²) in [5.74, 6) is -0.393. The highest BCUT2D eigenvalue weighted by molar-refractivity contribution is 5.95. The number of alkyl carbamates (subject to hydrolysis) is 1. The molecule has 7 amide bonds. The quantitative estimate of drug-likeness (QED) is 0.0539. The molecular formula is C78H88N8O10. The van der Waals surface area contributed by atoms with E-state index in [1.807, 2.05) is 208 Å². The van der Waals surface area contributed by atoms with Crippen LogP contribution in [0.5, 0.6) is 23.0 Å². The van der Waals surface area contributed by atoms with E-state index in [9.17, 15) is 33.6 Å². The minimum absolute atomic E-state index is 0. The predicted molar refractivity (Wildman–Crippen MR) is 372 cm³/mol. The molecule has 2 heterocycles. The largest absolute Gasteiger partial charge is 0.457 e. The zero-order valence-electron chi connectivity index (χ0n) is 54.3. The normalized spacial score (nSPS) is 18.2. The maximum Gasteiger partial charge on any atom is 0.408 e. The van der Waals surface area contributed by atoms with Crippen LogP contribution in [0.2, 0.25) is 0 Å². The molecule has 2 aliphatic rings. The molecule has 0 saturated heterocycles. The Morgan fingerprint density at radius 3 is 1.23 bits per heavy atom. The first-order valence-corrected chi connectivity index (χ1v) is 32.1. The van der Waals surface area contributed by atoms with Gasteiger partial charge in [-0.05, 0) is 160 Å². The molecule has 8 aromatic carbocycles. The molecule has 0 aliphatic carbocycles. The zero-order chi connectivity index (χ0) is 67.3. The van der Waals surface area contributed by atoms with Crippen molar-refractivity contribution in [3.8, 4) is 23.0 Å². The van der Waals surface area contributed by atoms with Crippen LogP contribution in [0.15, 0.2) is 206 Å². The number of benzene rings is 8. The van der Waals surface area contributed by atoms with E-state index in [0.29, 0.717) is 48.8 Å². The summed E-state index contributed by atoms with van der Waals surface area (Å²) in [5.41, 5.74) is 14.8. The molecule has 0 unspecified atom stereocenters. The van der Waals surface area contributed by atoms with E-state index in [4.69, 9.17) is 19.9 Å². The van der Waals surface area contributed by atoms with Crippen LogP contribution >= 0.6 is 0 Å². The van der Waals surface area contributed by atoms with Gasteiger partial charge < -0.3 is 57.2 Å². The van der Waals surface area contributed by atoms with Crippen molar-refractivity contribution in [2.24, 2.45) is 5.73 Å². The smallest absolute Gasteiger partial charge is 0.408 e. The summed E-state index contributed by atoms with van der Waals surface area (Å²) in [6, 6.07) is 58.9. The van der Waals surface area contributed by atoms with Crippen LogP contribution in [0.3, 0.4) is 0 Å². The number of amides is 7. The Morgan fingerprint density at radius 1 is 0.458 bits per heavy atom. The molecule has 10 rings (SSSR count). The van der Waals surface area contributed by atoms with Crippen molar-refractivity contribution in [3.05, 3.63) is 262 Å². The van der Waals surface area contributed by atoms with Crippen LogP contribution in [0.4, 0.5) is 4.79 Å². The van der Waals surface area contributed by atoms with E-state index in [1.165, 1.54) is 0 Å². The first-order chi connectivity index (χ1) is 45.7. The maximum absolute atomic E-state index is 14.1. The van der Waals surface area contributed by atoms with Crippen molar-refractivity contribution in [1.29, 1.82) is 0 Å². The van der Waals surface area contributed by atoms with Gasteiger partial charge in [-0.2, -0.15) is 0 Å². The Bertz CT molecular complexity index is 3920. The van der Waals surface area contributed by atoms with E-state index in [-0.39, 0.29) is 57.9 Å². The molecule has 96 heavy (non-hydrogen) atoms. The summed E-state index contributed by atoms with van der Waals surface area (Å²) in [5, 5.41) is 20.3. The fourth-order valence-corrected chi connectivity index (χ4v) is 10.9. The molecule has 0 radical (unpaired) electrons. The third-order valence-corrected chi connectivity index (χ3v) is 16.0. The minimum atomic E-state index is -1.09. The van der Waals surface area contributed by atoms with E-state index < -0.39 is 71.6 Å². The van der Waals surface area contributed by atoms with Gasteiger partial charge in [0, 0.05) is 32.4 Å². The van der Waals surface area contributed by atoms with Gasteiger partial charge in [0.25, 0.3) is 0 Å². The lowest BCUT2D eigenvalue weighted by Crippen LogP contribution is -2.57. The van der Waals surface area contributed by atoms with Gasteiger partial charge in [-0.3, -0.25) is 28.8 Å². The standard InChI is InChI=1S/C41H46N4O6.C36H38N4O4.CH4/c1-27-16-18-29(19-17-27)26-42-37(46)35-24-30-12-8-14-32(22-30)50-33-15-9-13-31(23-33)25-36(45-40(49)51-41(2,3)4)39(48)43-34(38(47)44-35)21-20-28-10-6-5-7-11-28;1-24-13-15-26(16-14-24)23-38-35(42)33-22-28-10-6-12-30(20-28)44-29-11-5-9-27(19-29)21-31(37)34(41)39-32(36(43)40-33)18-17-25-7-3-2-4-8-25;/h5-19,22-23,34-36H,20-21,24-26H2,1-4H3,(H,42,46)(H,43,48)(H,44,47)(H,45,49);2-16,19-20,31-33H,17-18,21-23,37H2,1H3,(H,38,42)(H,39,41)(H,40,43);1H4/t34-,35-,36-;31-,32-,33-;/m00./s1. The van der Waals surface area contributed by atoms with E-state index in [2.05, 4.69) is 37.2 Å². The Hall–Kier alpha value is -10.6. The molecule has 8 bridgehead atoms. The van der Waals surface area contributed by atoms with Crippen molar-refractivity contribution < 1.29 is 47.8 Å². The molecule has 0 aromatic heterocycles. The van der Waals surface area contributed by atoms with Crippen molar-refractivity contribution in [1.82, 2.24) is 37.2 Å². The molecule has 0 spiro atoms. The molecule has 2 aliphatic heterocycles. The maximum atomic E-state index is 14.1. The monoisotopic (exact) mass is 1300 g/mol. The van der Waals surface area contributed by atoms with Gasteiger partial charge in [0.2, 0.25) is 35.4 Å². The second-order valence-corrected chi connectivity index (χ2v) is 25.1. The van der Waals surface area contributed by atoms with Crippen LogP contribution in [-0.2, 0) is 85.1 Å². The lowest BCUT2D eigenvalue weighted by atomic mass is 10.0. The van der Waals surface area contributed by atoms with Gasteiger partial charge in [-0.1, -0.05) is 176 Å². The number of ether oxygens (including phenoxy) is 3. The SMILES string of the molecule is C.Cc1ccc(CNC(=O)[C@@H]2Cc3cccc(c3)Oc3cccc(c3)C[C@H](N)C(=O)N[C@@H](CCc3ccccc3)C(=O)N2)cc1.Cc1ccc(CNC(=O)[C@@H]2Cc3cccc(c3)Oc3cccc(c3)C[C@H](NC(=O)OC(C)(C)C)C(=O)N[C@@H](CCc3ccccc3)C(=O)N2)cc1. The highest BCUT2D eigenvalue weighted by atomic mass is 16.6. The van der Waals surface area contributed by atoms with Crippen molar-refractivity contribution >= 4 is 41.5 Å². The Kier molecular flexibility index (Phi) is 25.6. The number of nitrogens with two attached hydrogens (primary N) is 1. The summed E-state index contributed by atoms with van der Waals surface area (Å²) in [6.45, 7) is 9.79. The first-order valence-electron chi connectivity index (χ1n) is 32.1. The topological polar surface area (TPSA) is 257 Å². The Morgan fingerprint density at radius 2 is 0.833 bits per heavy atom. The van der Waals surface area contributed by atoms with Gasteiger partial charge in [-0.25, -0.2) is 4.79 Å². The third-order valence-electron chi connectivity index (χ3n) is 16.0. The van der Waals surface area contributed by atoms with Crippen LogP contribution < -0.4 is 52.4 Å². The molecule has 500 valence electrons. The lowest BCUT2D eigenvalue weighted by Gasteiger charge is -2.27. The average Bonchev–Trinajstić information content (AvgIpc) is 0.953. The number of hydrogen-bond donors (Lipinski definition) is 8. The molecule has 18 heteroatoms. The van der Waals surface area contributed by atoms with Crippen LogP contribution in [0.25, 0.3) is 0 Å². The van der Waals surface area contributed by atoms with Crippen LogP contribution in [0.1, 0.15) is 96.7 Å². The minimum Gasteiger partial charge on any atom is -0.457 e. The summed E-state index contributed by atoms with van der Waals surface area (Å²) >= 11 is 0. The molecule has 9 N–H and O–H groups in total. The van der Waals surface area contributed by atoms with Crippen molar-refractivity contribution in [2.45, 2.75) is 148 Å². The van der Waals surface area contributed by atoms with Gasteiger partial charge in [0.1, 0.15) is 58.8 Å². The summed E-state index contributed by atoms with van der Waals surface area (Å²) in [7, 11) is 0. The van der Waals surface area contributed by atoms with Crippen LogP contribution in [0, 0.1) is 13.8 Å². The van der Waals surface area contributed by atoms with E-state index in [0.717, 1.165) is 55.6 Å². The summed E-state index contributed by atoms with van der Waals surface area (Å²) in [6.07, 6.45) is 1.61. The number of carbonyl (C=O) groups is 7. The highest BCUT2D eigenvalue weighted by Gasteiger charge is 2.33. The molecule has 0 saturated carbocycles. The second-order valence-electron chi connectivity index (χ2n) is 25.1. The number of rotatable bonds is 13. The summed E-state index contributed by atoms with van der Waals surface area (Å²) < 4.78 is 17.8. The Balaban J connectivity index is 0.000000246. The predicted octanol–water partition coefficient (Wildman–Crippen LogP) is 10.5. The van der Waals surface area contributed by atoms with Gasteiger partial charge in [0.05, 0.1) is 6.04 Å². The van der Waals surface area contributed by atoms with Gasteiger partial charge >= 0.3 is 6.09 Å². The van der Waals surface area contributed by atoms with Gasteiger partial charge in [-0.15, -0.1) is 0 Å². The van der Waals surface area contributed by atoms with Crippen molar-refractivity contribution in [2.75, 3.05) is 0 Å². The third kappa shape index (κ3) is 22.6. The fraction of sp³-hybridized carbons (Fsp3) is 0.295. The van der Waals surface area contributed by atoms with Crippen LogP contribution in [-0.4, -0.2) is 83.4 Å². The molecule has 18 nitrogen and oxygen atoms in total. The number of hydrogen-bond acceptors (Lipinski definition) is 11. The van der Waals surface area contributed by atoms with E-state index in [1.54, 1.807) is 32.9 Å². The van der Waals surface area contributed by atoms with Gasteiger partial charge in [0.15, 0.2) is 0 Å². The number of fused-ring (bicyclic) bond motifs is 8. The second kappa shape index (κ2) is 34.5. The molecule has 0 fully saturated rings. The Labute approximate surface area is 562 Å². The average molecular weight is 1300 g/mol. The number of carbonyl (C=O) groups excluding carboxylic acids is 7. The number of nitrogens with one attached hydrogen (secondary N) is 7. The highest BCUT2D eigenvalue weighted by Crippen LogP contribution is 2.27. The molecule has 8 aromatic rings. The fourth-order valence-electron chi connectivity index (χ4n) is 10.9.